The summed E-state index contributed by atoms with van der Waals surface area (Å²) < 4.78 is 0. The van der Waals surface area contributed by atoms with Crippen LogP contribution in [0.3, 0.4) is 0 Å². The van der Waals surface area contributed by atoms with Crippen LogP contribution >= 0.6 is 0 Å². The van der Waals surface area contributed by atoms with E-state index in [1.807, 2.05) is 24.3 Å². The van der Waals surface area contributed by atoms with Gasteiger partial charge in [0.25, 0.3) is 0 Å². The van der Waals surface area contributed by atoms with Crippen molar-refractivity contribution in [3.63, 3.8) is 0 Å². The molecule has 4 aromatic rings. The fourth-order valence-electron chi connectivity index (χ4n) is 3.31. The van der Waals surface area contributed by atoms with Gasteiger partial charge in [0.15, 0.2) is 0 Å². The molecule has 5 nitrogen and oxygen atoms in total. The molecule has 0 bridgehead atoms. The highest BCUT2D eigenvalue weighted by atomic mass is 16.1. The highest BCUT2D eigenvalue weighted by Gasteiger charge is 2.04. The lowest BCUT2D eigenvalue weighted by molar-refractivity contribution is -0.116. The molecular formula is C24H21N3O2. The summed E-state index contributed by atoms with van der Waals surface area (Å²) in [7, 11) is 0. The predicted molar refractivity (Wildman–Crippen MR) is 116 cm³/mol. The topological polar surface area (TPSA) is 74.8 Å². The number of carbonyl (C=O) groups is 1. The van der Waals surface area contributed by atoms with E-state index in [1.165, 1.54) is 5.56 Å². The molecule has 1 amide bonds. The van der Waals surface area contributed by atoms with E-state index in [-0.39, 0.29) is 11.5 Å². The van der Waals surface area contributed by atoms with Gasteiger partial charge in [0, 0.05) is 24.2 Å². The summed E-state index contributed by atoms with van der Waals surface area (Å²) in [4.78, 5) is 30.2. The minimum atomic E-state index is -0.0938. The molecule has 0 saturated carbocycles. The summed E-state index contributed by atoms with van der Waals surface area (Å²) in [5.74, 6) is 0.00354. The molecule has 0 radical (unpaired) electrons. The zero-order valence-electron chi connectivity index (χ0n) is 15.9. The van der Waals surface area contributed by atoms with Crippen molar-refractivity contribution in [2.24, 2.45) is 0 Å². The molecule has 0 aliphatic heterocycles. The second kappa shape index (κ2) is 8.52. The summed E-state index contributed by atoms with van der Waals surface area (Å²) in [5, 5.41) is 3.86. The van der Waals surface area contributed by atoms with E-state index in [2.05, 4.69) is 45.6 Å². The molecule has 0 saturated heterocycles. The Morgan fingerprint density at radius 1 is 0.966 bits per heavy atom. The fourth-order valence-corrected chi connectivity index (χ4v) is 3.31. The SMILES string of the molecule is O=C(CCCc1ccc(-c2ccc3[nH]c(=O)ccc3c2)cc1)Nc1cccnc1. The average Bonchev–Trinajstić information content (AvgIpc) is 2.74. The number of H-pyrrole nitrogens is 1. The highest BCUT2D eigenvalue weighted by molar-refractivity contribution is 5.90. The Labute approximate surface area is 168 Å². The number of aromatic amines is 1. The third-order valence-corrected chi connectivity index (χ3v) is 4.83. The third kappa shape index (κ3) is 4.76. The van der Waals surface area contributed by atoms with E-state index in [9.17, 15) is 9.59 Å². The molecule has 2 N–H and O–H groups in total. The van der Waals surface area contributed by atoms with Crippen molar-refractivity contribution in [2.75, 3.05) is 5.32 Å². The molecular weight excluding hydrogens is 362 g/mol. The second-order valence-corrected chi connectivity index (χ2v) is 6.96. The first-order valence-corrected chi connectivity index (χ1v) is 9.60. The minimum Gasteiger partial charge on any atom is -0.325 e. The minimum absolute atomic E-state index is 0.00354. The van der Waals surface area contributed by atoms with Crippen LogP contribution in [0, 0.1) is 0 Å². The van der Waals surface area contributed by atoms with Gasteiger partial charge in [0.2, 0.25) is 11.5 Å². The summed E-state index contributed by atoms with van der Waals surface area (Å²) in [5.41, 5.74) is 4.89. The van der Waals surface area contributed by atoms with Crippen molar-refractivity contribution in [3.05, 3.63) is 95.0 Å². The lowest BCUT2D eigenvalue weighted by Crippen LogP contribution is -2.11. The Morgan fingerprint density at radius 2 is 1.79 bits per heavy atom. The molecule has 0 atom stereocenters. The third-order valence-electron chi connectivity index (χ3n) is 4.83. The van der Waals surface area contributed by atoms with Gasteiger partial charge in [0.05, 0.1) is 11.9 Å². The molecule has 0 unspecified atom stereocenters. The fraction of sp³-hybridized carbons (Fsp3) is 0.125. The number of anilines is 1. The Hall–Kier alpha value is -3.73. The monoisotopic (exact) mass is 383 g/mol. The number of carbonyl (C=O) groups excluding carboxylic acids is 1. The van der Waals surface area contributed by atoms with Gasteiger partial charge < -0.3 is 10.3 Å². The number of aryl methyl sites for hydroxylation is 1. The summed E-state index contributed by atoms with van der Waals surface area (Å²) in [6.45, 7) is 0. The molecule has 0 fully saturated rings. The van der Waals surface area contributed by atoms with E-state index in [1.54, 1.807) is 24.5 Å². The van der Waals surface area contributed by atoms with Crippen LogP contribution in [0.4, 0.5) is 5.69 Å². The molecule has 4 rings (SSSR count). The molecule has 2 heterocycles. The zero-order valence-corrected chi connectivity index (χ0v) is 15.9. The van der Waals surface area contributed by atoms with Crippen LogP contribution in [0.5, 0.6) is 0 Å². The maximum absolute atomic E-state index is 12.0. The first-order valence-electron chi connectivity index (χ1n) is 9.60. The maximum Gasteiger partial charge on any atom is 0.248 e. The molecule has 2 aromatic heterocycles. The Balaban J connectivity index is 1.35. The van der Waals surface area contributed by atoms with E-state index >= 15 is 0 Å². The van der Waals surface area contributed by atoms with Crippen molar-refractivity contribution < 1.29 is 4.79 Å². The van der Waals surface area contributed by atoms with Gasteiger partial charge in [-0.1, -0.05) is 30.3 Å². The van der Waals surface area contributed by atoms with Gasteiger partial charge in [-0.3, -0.25) is 14.6 Å². The lowest BCUT2D eigenvalue weighted by atomic mass is 10.0. The Bertz CT molecular complexity index is 1180. The number of fused-ring (bicyclic) bond motifs is 1. The quantitative estimate of drug-likeness (QED) is 0.513. The number of aromatic nitrogens is 2. The average molecular weight is 383 g/mol. The van der Waals surface area contributed by atoms with Gasteiger partial charge in [0.1, 0.15) is 0 Å². The van der Waals surface area contributed by atoms with Gasteiger partial charge >= 0.3 is 0 Å². The van der Waals surface area contributed by atoms with Gasteiger partial charge in [-0.05, 0) is 65.3 Å². The van der Waals surface area contributed by atoms with E-state index in [0.717, 1.165) is 40.6 Å². The molecule has 144 valence electrons. The number of rotatable bonds is 6. The van der Waals surface area contributed by atoms with Crippen molar-refractivity contribution in [3.8, 4) is 11.1 Å². The van der Waals surface area contributed by atoms with Crippen LogP contribution in [0.15, 0.2) is 83.9 Å². The number of nitrogens with one attached hydrogen (secondary N) is 2. The zero-order chi connectivity index (χ0) is 20.1. The van der Waals surface area contributed by atoms with Gasteiger partial charge in [-0.25, -0.2) is 0 Å². The van der Waals surface area contributed by atoms with Crippen LogP contribution in [0.1, 0.15) is 18.4 Å². The van der Waals surface area contributed by atoms with Crippen molar-refractivity contribution in [1.82, 2.24) is 9.97 Å². The number of benzene rings is 2. The molecule has 0 aliphatic rings. The first-order chi connectivity index (χ1) is 14.2. The van der Waals surface area contributed by atoms with Crippen molar-refractivity contribution >= 4 is 22.5 Å². The maximum atomic E-state index is 12.0. The van der Waals surface area contributed by atoms with Crippen LogP contribution in [-0.4, -0.2) is 15.9 Å². The number of pyridine rings is 2. The molecule has 29 heavy (non-hydrogen) atoms. The molecule has 2 aromatic carbocycles. The molecule has 0 spiro atoms. The summed E-state index contributed by atoms with van der Waals surface area (Å²) in [6.07, 6.45) is 5.42. The normalized spacial score (nSPS) is 10.8. The summed E-state index contributed by atoms with van der Waals surface area (Å²) >= 11 is 0. The highest BCUT2D eigenvalue weighted by Crippen LogP contribution is 2.24. The van der Waals surface area contributed by atoms with Crippen LogP contribution < -0.4 is 10.9 Å². The lowest BCUT2D eigenvalue weighted by Gasteiger charge is -2.07. The molecule has 0 aliphatic carbocycles. The predicted octanol–water partition coefficient (Wildman–Crippen LogP) is 4.55. The second-order valence-electron chi connectivity index (χ2n) is 6.96. The number of hydrogen-bond donors (Lipinski definition) is 2. The first kappa shape index (κ1) is 18.6. The molecule has 5 heteroatoms. The number of nitrogens with zero attached hydrogens (tertiary/aromatic N) is 1. The van der Waals surface area contributed by atoms with Gasteiger partial charge in [-0.2, -0.15) is 0 Å². The Kier molecular flexibility index (Phi) is 5.47. The van der Waals surface area contributed by atoms with Crippen molar-refractivity contribution in [2.45, 2.75) is 19.3 Å². The van der Waals surface area contributed by atoms with Crippen molar-refractivity contribution in [1.29, 1.82) is 0 Å². The smallest absolute Gasteiger partial charge is 0.248 e. The summed E-state index contributed by atoms with van der Waals surface area (Å²) in [6, 6.07) is 21.4. The van der Waals surface area contributed by atoms with E-state index in [4.69, 9.17) is 0 Å². The van der Waals surface area contributed by atoms with Gasteiger partial charge in [-0.15, -0.1) is 0 Å². The largest absolute Gasteiger partial charge is 0.325 e. The van der Waals surface area contributed by atoms with Crippen LogP contribution in [-0.2, 0) is 11.2 Å². The van der Waals surface area contributed by atoms with Crippen LogP contribution in [0.25, 0.3) is 22.0 Å². The standard InChI is InChI=1S/C24H21N3O2/c28-23(26-21-4-2-14-25-16-21)5-1-3-17-6-8-18(9-7-17)19-10-12-22-20(15-19)11-13-24(29)27-22/h2,4,6-16H,1,3,5H2,(H,26,28)(H,27,29). The van der Waals surface area contributed by atoms with E-state index < -0.39 is 0 Å². The number of amides is 1. The Morgan fingerprint density at radius 3 is 2.59 bits per heavy atom. The van der Waals surface area contributed by atoms with E-state index in [0.29, 0.717) is 6.42 Å². The van der Waals surface area contributed by atoms with Crippen LogP contribution in [0.2, 0.25) is 0 Å². The number of hydrogen-bond acceptors (Lipinski definition) is 3.